The smallest absolute Gasteiger partial charge is 0.177 e. The zero-order valence-corrected chi connectivity index (χ0v) is 13.2. The molecule has 2 aromatic carbocycles. The molecular formula is C17H11ClF2N2O2. The summed E-state index contributed by atoms with van der Waals surface area (Å²) in [5, 5.41) is 10.1. The third-order valence-corrected chi connectivity index (χ3v) is 3.69. The van der Waals surface area contributed by atoms with E-state index in [1.807, 2.05) is 0 Å². The maximum Gasteiger partial charge on any atom is 0.177 e. The number of aliphatic imine (C=N–C) groups is 2. The molecule has 3 rings (SSSR count). The maximum absolute atomic E-state index is 14.3. The number of benzene rings is 2. The van der Waals surface area contributed by atoms with Gasteiger partial charge in [0.15, 0.2) is 17.3 Å². The van der Waals surface area contributed by atoms with Crippen LogP contribution in [0.4, 0.5) is 8.78 Å². The van der Waals surface area contributed by atoms with Gasteiger partial charge in [-0.2, -0.15) is 0 Å². The molecule has 1 aliphatic heterocycles. The van der Waals surface area contributed by atoms with E-state index in [4.69, 9.17) is 16.3 Å². The Labute approximate surface area is 141 Å². The van der Waals surface area contributed by atoms with Gasteiger partial charge in [-0.1, -0.05) is 11.6 Å². The summed E-state index contributed by atoms with van der Waals surface area (Å²) in [5.41, 5.74) is 0.461. The SMILES string of the molecule is COc1c(O)c(Cl)cc(C=C2N=CC=N2)c1-c1cc(F)ccc1F. The summed E-state index contributed by atoms with van der Waals surface area (Å²) in [4.78, 5) is 8.03. The van der Waals surface area contributed by atoms with Crippen LogP contribution >= 0.6 is 11.6 Å². The fraction of sp³-hybridized carbons (Fsp3) is 0.0588. The summed E-state index contributed by atoms with van der Waals surface area (Å²) < 4.78 is 33.1. The standard InChI is InChI=1S/C17H11ClF2N2O2/c1-24-17-15(11-8-10(19)2-3-13(11)20)9(6-12(18)16(17)23)7-14-21-4-5-22-14/h2-8,23H,1H3. The van der Waals surface area contributed by atoms with Crippen molar-refractivity contribution in [2.45, 2.75) is 0 Å². The van der Waals surface area contributed by atoms with Crippen LogP contribution in [0.1, 0.15) is 5.56 Å². The van der Waals surface area contributed by atoms with Crippen LogP contribution in [0.15, 0.2) is 40.1 Å². The Kier molecular flexibility index (Phi) is 4.31. The van der Waals surface area contributed by atoms with Crippen LogP contribution < -0.4 is 4.74 Å². The summed E-state index contributed by atoms with van der Waals surface area (Å²) >= 11 is 6.01. The van der Waals surface area contributed by atoms with Crippen LogP contribution in [0, 0.1) is 11.6 Å². The maximum atomic E-state index is 14.3. The Morgan fingerprint density at radius 3 is 2.54 bits per heavy atom. The lowest BCUT2D eigenvalue weighted by Gasteiger charge is -2.16. The Morgan fingerprint density at radius 1 is 1.17 bits per heavy atom. The van der Waals surface area contributed by atoms with Gasteiger partial charge in [-0.3, -0.25) is 0 Å². The molecule has 1 N–H and O–H groups in total. The highest BCUT2D eigenvalue weighted by atomic mass is 35.5. The molecular weight excluding hydrogens is 338 g/mol. The number of hydrogen-bond acceptors (Lipinski definition) is 4. The van der Waals surface area contributed by atoms with Crippen LogP contribution in [-0.2, 0) is 0 Å². The Hall–Kier alpha value is -2.73. The van der Waals surface area contributed by atoms with E-state index in [9.17, 15) is 13.9 Å². The van der Waals surface area contributed by atoms with Crippen molar-refractivity contribution in [3.63, 3.8) is 0 Å². The minimum atomic E-state index is -0.672. The largest absolute Gasteiger partial charge is 0.503 e. The van der Waals surface area contributed by atoms with Gasteiger partial charge in [0.05, 0.1) is 12.1 Å². The van der Waals surface area contributed by atoms with Gasteiger partial charge in [0, 0.05) is 23.6 Å². The van der Waals surface area contributed by atoms with Gasteiger partial charge in [-0.05, 0) is 35.9 Å². The number of halogens is 3. The van der Waals surface area contributed by atoms with E-state index < -0.39 is 11.6 Å². The second-order valence-corrected chi connectivity index (χ2v) is 5.29. The zero-order valence-electron chi connectivity index (χ0n) is 12.4. The fourth-order valence-corrected chi connectivity index (χ4v) is 2.58. The first-order chi connectivity index (χ1) is 11.5. The molecule has 0 radical (unpaired) electrons. The minimum Gasteiger partial charge on any atom is -0.503 e. The third-order valence-electron chi connectivity index (χ3n) is 3.41. The predicted molar refractivity (Wildman–Crippen MR) is 90.0 cm³/mol. The highest BCUT2D eigenvalue weighted by Gasteiger charge is 2.21. The average Bonchev–Trinajstić information content (AvgIpc) is 3.06. The lowest BCUT2D eigenvalue weighted by molar-refractivity contribution is 0.375. The molecule has 0 aromatic heterocycles. The number of nitrogens with zero attached hydrogens (tertiary/aromatic N) is 2. The molecule has 122 valence electrons. The van der Waals surface area contributed by atoms with Crippen molar-refractivity contribution < 1.29 is 18.6 Å². The lowest BCUT2D eigenvalue weighted by atomic mass is 9.96. The normalized spacial score (nSPS) is 12.8. The molecule has 0 spiro atoms. The number of hydrogen-bond donors (Lipinski definition) is 1. The monoisotopic (exact) mass is 348 g/mol. The van der Waals surface area contributed by atoms with E-state index in [1.54, 1.807) is 0 Å². The van der Waals surface area contributed by atoms with Crippen molar-refractivity contribution >= 4 is 30.1 Å². The number of ether oxygens (including phenoxy) is 1. The topological polar surface area (TPSA) is 54.2 Å². The van der Waals surface area contributed by atoms with Gasteiger partial charge in [0.1, 0.15) is 11.6 Å². The second-order valence-electron chi connectivity index (χ2n) is 4.89. The van der Waals surface area contributed by atoms with E-state index in [1.165, 1.54) is 31.7 Å². The summed E-state index contributed by atoms with van der Waals surface area (Å²) in [7, 11) is 1.30. The minimum absolute atomic E-state index is 0.00483. The lowest BCUT2D eigenvalue weighted by Crippen LogP contribution is -1.96. The van der Waals surface area contributed by atoms with Crippen LogP contribution in [0.3, 0.4) is 0 Å². The Morgan fingerprint density at radius 2 is 1.88 bits per heavy atom. The van der Waals surface area contributed by atoms with Gasteiger partial charge in [0.2, 0.25) is 0 Å². The summed E-state index contributed by atoms with van der Waals surface area (Å²) in [6, 6.07) is 4.43. The number of phenolic OH excluding ortho intramolecular Hbond substituents is 1. The van der Waals surface area contributed by atoms with Gasteiger partial charge >= 0.3 is 0 Å². The van der Waals surface area contributed by atoms with E-state index in [0.29, 0.717) is 11.4 Å². The molecule has 0 atom stereocenters. The highest BCUT2D eigenvalue weighted by Crippen LogP contribution is 2.46. The predicted octanol–water partition coefficient (Wildman–Crippen LogP) is 4.45. The molecule has 7 heteroatoms. The van der Waals surface area contributed by atoms with E-state index in [0.717, 1.165) is 18.2 Å². The van der Waals surface area contributed by atoms with Crippen LogP contribution in [0.5, 0.6) is 11.5 Å². The quantitative estimate of drug-likeness (QED) is 0.890. The summed E-state index contributed by atoms with van der Waals surface area (Å²) in [6.07, 6.45) is 4.52. The van der Waals surface area contributed by atoms with Crippen LogP contribution in [0.25, 0.3) is 17.2 Å². The van der Waals surface area contributed by atoms with Gasteiger partial charge in [-0.25, -0.2) is 18.8 Å². The van der Waals surface area contributed by atoms with Crippen molar-refractivity contribution in [1.82, 2.24) is 0 Å². The van der Waals surface area contributed by atoms with Crippen molar-refractivity contribution in [3.05, 3.63) is 52.3 Å². The van der Waals surface area contributed by atoms with Gasteiger partial charge in [0.25, 0.3) is 0 Å². The molecule has 0 saturated heterocycles. The molecule has 4 nitrogen and oxygen atoms in total. The molecule has 0 bridgehead atoms. The number of rotatable bonds is 3. The molecule has 0 saturated carbocycles. The highest BCUT2D eigenvalue weighted by molar-refractivity contribution is 6.32. The number of aromatic hydroxyl groups is 1. The van der Waals surface area contributed by atoms with Crippen LogP contribution in [-0.4, -0.2) is 24.6 Å². The Balaban J connectivity index is 2.35. The van der Waals surface area contributed by atoms with Crippen molar-refractivity contribution in [1.29, 1.82) is 0 Å². The first-order valence-electron chi connectivity index (χ1n) is 6.84. The van der Waals surface area contributed by atoms with Gasteiger partial charge < -0.3 is 9.84 Å². The first-order valence-corrected chi connectivity index (χ1v) is 7.22. The second kappa shape index (κ2) is 6.41. The fourth-order valence-electron chi connectivity index (χ4n) is 2.38. The van der Waals surface area contributed by atoms with Gasteiger partial charge in [-0.15, -0.1) is 0 Å². The van der Waals surface area contributed by atoms with Crippen LogP contribution in [0.2, 0.25) is 5.02 Å². The average molecular weight is 349 g/mol. The van der Waals surface area contributed by atoms with Crippen molar-refractivity contribution in [3.8, 4) is 22.6 Å². The first kappa shape index (κ1) is 16.1. The third kappa shape index (κ3) is 2.88. The molecule has 24 heavy (non-hydrogen) atoms. The molecule has 2 aromatic rings. The molecule has 0 aliphatic carbocycles. The zero-order chi connectivity index (χ0) is 17.3. The molecule has 1 heterocycles. The Bertz CT molecular complexity index is 894. The molecule has 0 unspecified atom stereocenters. The number of methoxy groups -OCH3 is 1. The van der Waals surface area contributed by atoms with Crippen molar-refractivity contribution in [2.24, 2.45) is 9.98 Å². The molecule has 0 fully saturated rings. The number of phenols is 1. The summed E-state index contributed by atoms with van der Waals surface area (Å²) in [5.74, 6) is -1.37. The van der Waals surface area contributed by atoms with Crippen molar-refractivity contribution in [2.75, 3.05) is 7.11 Å². The van der Waals surface area contributed by atoms with E-state index >= 15 is 0 Å². The molecule has 1 aliphatic rings. The molecule has 0 amide bonds. The van der Waals surface area contributed by atoms with E-state index in [-0.39, 0.29) is 27.6 Å². The van der Waals surface area contributed by atoms with E-state index in [2.05, 4.69) is 9.98 Å². The summed E-state index contributed by atoms with van der Waals surface area (Å²) in [6.45, 7) is 0.